The maximum Gasteiger partial charge on any atom is 0.0393 e. The van der Waals surface area contributed by atoms with Gasteiger partial charge in [-0.3, -0.25) is 0 Å². The highest BCUT2D eigenvalue weighted by molar-refractivity contribution is 5.79. The van der Waals surface area contributed by atoms with Gasteiger partial charge in [0, 0.05) is 28.4 Å². The molecule has 0 fully saturated rings. The van der Waals surface area contributed by atoms with Crippen LogP contribution >= 0.6 is 0 Å². The minimum Gasteiger partial charge on any atom is -0.398 e. The summed E-state index contributed by atoms with van der Waals surface area (Å²) in [6.07, 6.45) is 8.04. The Hall–Kier alpha value is -3.78. The molecule has 0 spiro atoms. The minimum absolute atomic E-state index is 0.279. The average molecular weight is 431 g/mol. The summed E-state index contributed by atoms with van der Waals surface area (Å²) < 4.78 is 0. The molecule has 33 heavy (non-hydrogen) atoms. The molecule has 164 valence electrons. The highest BCUT2D eigenvalue weighted by atomic mass is 14.6. The molecular formula is C31H30N2. The smallest absolute Gasteiger partial charge is 0.0393 e. The lowest BCUT2D eigenvalue weighted by molar-refractivity contribution is 0.429. The predicted molar refractivity (Wildman–Crippen MR) is 141 cm³/mol. The topological polar surface area (TPSA) is 52.0 Å². The quantitative estimate of drug-likeness (QED) is 0.252. The first-order valence-electron chi connectivity index (χ1n) is 11.8. The average Bonchev–Trinajstić information content (AvgIpc) is 2.88. The van der Waals surface area contributed by atoms with Crippen LogP contribution in [0.15, 0.2) is 109 Å². The Labute approximate surface area is 196 Å². The van der Waals surface area contributed by atoms with Crippen LogP contribution in [-0.2, 0) is 0 Å². The van der Waals surface area contributed by atoms with Gasteiger partial charge in [-0.1, -0.05) is 84.9 Å². The maximum absolute atomic E-state index is 6.43. The van der Waals surface area contributed by atoms with Gasteiger partial charge < -0.3 is 11.5 Å². The summed E-state index contributed by atoms with van der Waals surface area (Å²) in [6, 6.07) is 34.0. The van der Waals surface area contributed by atoms with E-state index in [2.05, 4.69) is 97.1 Å². The molecule has 0 radical (unpaired) electrons. The van der Waals surface area contributed by atoms with Crippen LogP contribution in [0.5, 0.6) is 0 Å². The Bertz CT molecular complexity index is 1170. The van der Waals surface area contributed by atoms with E-state index >= 15 is 0 Å². The van der Waals surface area contributed by atoms with Crippen molar-refractivity contribution in [1.82, 2.24) is 0 Å². The van der Waals surface area contributed by atoms with Gasteiger partial charge in [0.05, 0.1) is 0 Å². The van der Waals surface area contributed by atoms with Crippen molar-refractivity contribution in [2.24, 2.45) is 5.92 Å². The van der Waals surface area contributed by atoms with Crippen LogP contribution in [0.3, 0.4) is 0 Å². The van der Waals surface area contributed by atoms with Crippen LogP contribution < -0.4 is 11.5 Å². The second-order valence-corrected chi connectivity index (χ2v) is 8.95. The monoisotopic (exact) mass is 430 g/mol. The third kappa shape index (κ3) is 4.42. The molecule has 1 atom stereocenters. The van der Waals surface area contributed by atoms with Gasteiger partial charge in [0.25, 0.3) is 0 Å². The van der Waals surface area contributed by atoms with Gasteiger partial charge in [0.1, 0.15) is 0 Å². The van der Waals surface area contributed by atoms with Crippen molar-refractivity contribution in [3.8, 4) is 22.3 Å². The number of benzene rings is 4. The molecule has 0 aromatic heterocycles. The zero-order chi connectivity index (χ0) is 22.6. The molecule has 5 rings (SSSR count). The summed E-state index contributed by atoms with van der Waals surface area (Å²) in [7, 11) is 0. The van der Waals surface area contributed by atoms with Crippen molar-refractivity contribution < 1.29 is 0 Å². The molecule has 1 aliphatic rings. The molecule has 0 saturated heterocycles. The molecule has 0 amide bonds. The molecule has 4 aromatic rings. The van der Waals surface area contributed by atoms with Crippen molar-refractivity contribution in [2.45, 2.75) is 25.2 Å². The van der Waals surface area contributed by atoms with Crippen molar-refractivity contribution in [3.05, 3.63) is 120 Å². The summed E-state index contributed by atoms with van der Waals surface area (Å²) in [4.78, 5) is 0. The van der Waals surface area contributed by atoms with Crippen LogP contribution in [0.1, 0.15) is 36.3 Å². The molecule has 2 heteroatoms. The summed E-state index contributed by atoms with van der Waals surface area (Å²) in [5, 5.41) is 0. The van der Waals surface area contributed by atoms with Gasteiger partial charge in [-0.15, -0.1) is 0 Å². The Morgan fingerprint density at radius 3 is 1.58 bits per heavy atom. The highest BCUT2D eigenvalue weighted by Gasteiger charge is 2.26. The van der Waals surface area contributed by atoms with Crippen LogP contribution in [0.4, 0.5) is 11.4 Å². The lowest BCUT2D eigenvalue weighted by atomic mass is 9.74. The van der Waals surface area contributed by atoms with Gasteiger partial charge in [-0.25, -0.2) is 0 Å². The van der Waals surface area contributed by atoms with Crippen molar-refractivity contribution in [1.29, 1.82) is 0 Å². The SMILES string of the molecule is Nc1ccc(C(c2ccc(N)c(-c3ccccc3)c2)C2CC=CCC2)cc1-c1ccccc1. The number of hydrogen-bond donors (Lipinski definition) is 2. The van der Waals surface area contributed by atoms with Gasteiger partial charge >= 0.3 is 0 Å². The Morgan fingerprint density at radius 1 is 0.606 bits per heavy atom. The van der Waals surface area contributed by atoms with Crippen molar-refractivity contribution in [3.63, 3.8) is 0 Å². The van der Waals surface area contributed by atoms with E-state index in [0.717, 1.165) is 46.5 Å². The molecule has 4 N–H and O–H groups in total. The highest BCUT2D eigenvalue weighted by Crippen LogP contribution is 2.42. The van der Waals surface area contributed by atoms with E-state index in [-0.39, 0.29) is 5.92 Å². The summed E-state index contributed by atoms with van der Waals surface area (Å²) >= 11 is 0. The molecule has 0 bridgehead atoms. The fourth-order valence-electron chi connectivity index (χ4n) is 5.13. The third-order valence-electron chi connectivity index (χ3n) is 6.82. The standard InChI is InChI=1S/C31H30N2/c32-29-18-16-25(20-27(29)22-10-4-1-5-11-22)31(24-14-8-3-9-15-24)26-17-19-30(33)28(21-26)23-12-6-2-7-13-23/h1-8,10-13,16-21,24,31H,9,14-15,32-33H2. The number of nitrogen functional groups attached to an aromatic ring is 2. The number of allylic oxidation sites excluding steroid dienone is 2. The molecular weight excluding hydrogens is 400 g/mol. The van der Waals surface area contributed by atoms with Crippen LogP contribution in [0, 0.1) is 5.92 Å². The Morgan fingerprint density at radius 2 is 1.12 bits per heavy atom. The minimum atomic E-state index is 0.279. The van der Waals surface area contributed by atoms with E-state index in [1.165, 1.54) is 17.5 Å². The Balaban J connectivity index is 1.64. The molecule has 1 unspecified atom stereocenters. The molecule has 1 aliphatic carbocycles. The Kier molecular flexibility index (Phi) is 5.99. The van der Waals surface area contributed by atoms with Crippen molar-refractivity contribution >= 4 is 11.4 Å². The largest absolute Gasteiger partial charge is 0.398 e. The van der Waals surface area contributed by atoms with E-state index in [0.29, 0.717) is 5.92 Å². The molecule has 0 saturated carbocycles. The van der Waals surface area contributed by atoms with Gasteiger partial charge in [-0.05, 0) is 71.7 Å². The first-order valence-corrected chi connectivity index (χ1v) is 11.8. The normalized spacial score (nSPS) is 15.6. The number of anilines is 2. The number of hydrogen-bond acceptors (Lipinski definition) is 2. The maximum atomic E-state index is 6.43. The van der Waals surface area contributed by atoms with Crippen LogP contribution in [-0.4, -0.2) is 0 Å². The molecule has 4 aromatic carbocycles. The van der Waals surface area contributed by atoms with Gasteiger partial charge in [0.2, 0.25) is 0 Å². The van der Waals surface area contributed by atoms with Crippen LogP contribution in [0.25, 0.3) is 22.3 Å². The fraction of sp³-hybridized carbons (Fsp3) is 0.161. The van der Waals surface area contributed by atoms with E-state index < -0.39 is 0 Å². The van der Waals surface area contributed by atoms with Crippen LogP contribution in [0.2, 0.25) is 0 Å². The third-order valence-corrected chi connectivity index (χ3v) is 6.82. The predicted octanol–water partition coefficient (Wildman–Crippen LogP) is 7.67. The molecule has 2 nitrogen and oxygen atoms in total. The summed E-state index contributed by atoms with van der Waals surface area (Å²) in [5.41, 5.74) is 21.6. The van der Waals surface area contributed by atoms with Gasteiger partial charge in [-0.2, -0.15) is 0 Å². The van der Waals surface area contributed by atoms with E-state index in [9.17, 15) is 0 Å². The van der Waals surface area contributed by atoms with Crippen molar-refractivity contribution in [2.75, 3.05) is 11.5 Å². The number of rotatable bonds is 5. The molecule has 0 aliphatic heterocycles. The zero-order valence-corrected chi connectivity index (χ0v) is 18.8. The lowest BCUT2D eigenvalue weighted by Crippen LogP contribution is -2.16. The summed E-state index contributed by atoms with van der Waals surface area (Å²) in [6.45, 7) is 0. The lowest BCUT2D eigenvalue weighted by Gasteiger charge is -2.30. The fourth-order valence-corrected chi connectivity index (χ4v) is 5.13. The second kappa shape index (κ2) is 9.38. The second-order valence-electron chi connectivity index (χ2n) is 8.95. The first-order chi connectivity index (χ1) is 16.2. The zero-order valence-electron chi connectivity index (χ0n) is 18.8. The van der Waals surface area contributed by atoms with E-state index in [1.54, 1.807) is 0 Å². The van der Waals surface area contributed by atoms with E-state index in [1.807, 2.05) is 12.1 Å². The first kappa shape index (κ1) is 21.1. The van der Waals surface area contributed by atoms with E-state index in [4.69, 9.17) is 11.5 Å². The summed E-state index contributed by atoms with van der Waals surface area (Å²) in [5.74, 6) is 0.815. The van der Waals surface area contributed by atoms with Gasteiger partial charge in [0.15, 0.2) is 0 Å². The molecule has 0 heterocycles. The number of nitrogens with two attached hydrogens (primary N) is 2.